The van der Waals surface area contributed by atoms with Crippen molar-refractivity contribution in [2.24, 2.45) is 11.7 Å². The maximum atomic E-state index is 11.1. The summed E-state index contributed by atoms with van der Waals surface area (Å²) in [5, 5.41) is 3.67. The number of amides is 1. The summed E-state index contributed by atoms with van der Waals surface area (Å²) in [6, 6.07) is 0. The first-order chi connectivity index (χ1) is 6.18. The van der Waals surface area contributed by atoms with Crippen LogP contribution < -0.4 is 5.73 Å². The van der Waals surface area contributed by atoms with Crippen molar-refractivity contribution in [3.05, 3.63) is 17.6 Å². The third kappa shape index (κ3) is 1.54. The number of nitrogens with two attached hydrogens (primary N) is 1. The number of rotatable bonds is 3. The first-order valence-corrected chi connectivity index (χ1v) is 4.16. The van der Waals surface area contributed by atoms with E-state index in [4.69, 9.17) is 10.3 Å². The van der Waals surface area contributed by atoms with E-state index >= 15 is 0 Å². The minimum Gasteiger partial charge on any atom is -0.369 e. The monoisotopic (exact) mass is 180 g/mol. The lowest BCUT2D eigenvalue weighted by Crippen LogP contribution is -2.24. The number of hydrogen-bond acceptors (Lipinski definition) is 4. The molecular formula is C8H10N3O2. The molecule has 13 heavy (non-hydrogen) atoms. The number of aromatic nitrogens is 2. The zero-order valence-corrected chi connectivity index (χ0v) is 7.28. The zero-order valence-electron chi connectivity index (χ0n) is 7.28. The molecule has 2 rings (SSSR count). The Kier molecular flexibility index (Phi) is 1.79. The van der Waals surface area contributed by atoms with Crippen molar-refractivity contribution >= 4 is 5.91 Å². The molecule has 1 saturated carbocycles. The highest BCUT2D eigenvalue weighted by Crippen LogP contribution is 2.40. The van der Waals surface area contributed by atoms with Crippen LogP contribution in [0.3, 0.4) is 0 Å². The van der Waals surface area contributed by atoms with Gasteiger partial charge >= 0.3 is 0 Å². The Morgan fingerprint density at radius 2 is 2.31 bits per heavy atom. The molecule has 1 aliphatic rings. The summed E-state index contributed by atoms with van der Waals surface area (Å²) in [7, 11) is 0. The molecule has 0 spiro atoms. The van der Waals surface area contributed by atoms with Gasteiger partial charge < -0.3 is 10.3 Å². The van der Waals surface area contributed by atoms with Crippen molar-refractivity contribution in [3.63, 3.8) is 0 Å². The summed E-state index contributed by atoms with van der Waals surface area (Å²) < 4.78 is 4.78. The van der Waals surface area contributed by atoms with E-state index in [2.05, 4.69) is 10.1 Å². The number of nitrogens with zero attached hydrogens (tertiary/aromatic N) is 2. The van der Waals surface area contributed by atoms with Gasteiger partial charge in [0.25, 0.3) is 0 Å². The predicted octanol–water partition coefficient (Wildman–Crippen LogP) is 0.196. The van der Waals surface area contributed by atoms with Crippen LogP contribution in [0.2, 0.25) is 0 Å². The fourth-order valence-corrected chi connectivity index (χ4v) is 1.27. The number of hydrogen-bond donors (Lipinski definition) is 1. The highest BCUT2D eigenvalue weighted by Gasteiger charge is 2.40. The summed E-state index contributed by atoms with van der Waals surface area (Å²) in [5.41, 5.74) is 5.22. The average Bonchev–Trinajstić information content (AvgIpc) is 2.76. The lowest BCUT2D eigenvalue weighted by Gasteiger charge is -2.03. The van der Waals surface area contributed by atoms with Crippen LogP contribution in [0, 0.1) is 18.8 Å². The molecule has 1 fully saturated rings. The average molecular weight is 180 g/mol. The molecule has 1 amide bonds. The summed E-state index contributed by atoms with van der Waals surface area (Å²) in [6.45, 7) is 1.68. The van der Waals surface area contributed by atoms with Crippen molar-refractivity contribution in [3.8, 4) is 0 Å². The fraction of sp³-hybridized carbons (Fsp3) is 0.500. The van der Waals surface area contributed by atoms with E-state index in [1.165, 1.54) is 0 Å². The second kappa shape index (κ2) is 2.83. The SMILES string of the molecule is Cc1nc([C](C(N)=O)C2CC2)no1. The van der Waals surface area contributed by atoms with Gasteiger partial charge in [-0.1, -0.05) is 5.16 Å². The van der Waals surface area contributed by atoms with Gasteiger partial charge in [0.05, 0.1) is 0 Å². The smallest absolute Gasteiger partial charge is 0.233 e. The third-order valence-electron chi connectivity index (χ3n) is 2.02. The summed E-state index contributed by atoms with van der Waals surface area (Å²) >= 11 is 0. The van der Waals surface area contributed by atoms with Crippen LogP contribution in [0.4, 0.5) is 0 Å². The minimum absolute atomic E-state index is 0.245. The van der Waals surface area contributed by atoms with Crippen LogP contribution in [0.1, 0.15) is 24.6 Å². The van der Waals surface area contributed by atoms with Crippen LogP contribution in [-0.4, -0.2) is 16.0 Å². The molecule has 1 aromatic rings. The molecule has 69 valence electrons. The topological polar surface area (TPSA) is 82.0 Å². The van der Waals surface area contributed by atoms with E-state index in [1.54, 1.807) is 6.92 Å². The van der Waals surface area contributed by atoms with Gasteiger partial charge in [-0.05, 0) is 18.8 Å². The molecule has 5 nitrogen and oxygen atoms in total. The molecule has 1 aliphatic carbocycles. The maximum Gasteiger partial charge on any atom is 0.233 e. The molecule has 0 saturated heterocycles. The van der Waals surface area contributed by atoms with Crippen LogP contribution in [-0.2, 0) is 4.79 Å². The van der Waals surface area contributed by atoms with E-state index in [0.717, 1.165) is 12.8 Å². The van der Waals surface area contributed by atoms with E-state index in [-0.39, 0.29) is 5.92 Å². The molecule has 0 aromatic carbocycles. The highest BCUT2D eigenvalue weighted by atomic mass is 16.5. The number of carbonyl (C=O) groups is 1. The van der Waals surface area contributed by atoms with Crippen molar-refractivity contribution < 1.29 is 9.32 Å². The van der Waals surface area contributed by atoms with E-state index < -0.39 is 5.91 Å². The van der Waals surface area contributed by atoms with Gasteiger partial charge in [0.15, 0.2) is 5.82 Å². The van der Waals surface area contributed by atoms with Crippen molar-refractivity contribution in [1.82, 2.24) is 10.1 Å². The quantitative estimate of drug-likeness (QED) is 0.720. The van der Waals surface area contributed by atoms with Crippen LogP contribution in [0.5, 0.6) is 0 Å². The Morgan fingerprint density at radius 1 is 1.62 bits per heavy atom. The van der Waals surface area contributed by atoms with Gasteiger partial charge in [0, 0.05) is 6.92 Å². The molecule has 0 aliphatic heterocycles. The normalized spacial score (nSPS) is 16.5. The fourth-order valence-electron chi connectivity index (χ4n) is 1.27. The number of primary amides is 1. The molecule has 0 atom stereocenters. The summed E-state index contributed by atoms with van der Waals surface area (Å²) in [4.78, 5) is 15.0. The van der Waals surface area contributed by atoms with E-state index in [0.29, 0.717) is 17.6 Å². The highest BCUT2D eigenvalue weighted by molar-refractivity contribution is 5.92. The Morgan fingerprint density at radius 3 is 2.69 bits per heavy atom. The van der Waals surface area contributed by atoms with Gasteiger partial charge in [-0.25, -0.2) is 0 Å². The van der Waals surface area contributed by atoms with Crippen LogP contribution in [0.15, 0.2) is 4.52 Å². The van der Waals surface area contributed by atoms with E-state index in [9.17, 15) is 4.79 Å². The van der Waals surface area contributed by atoms with Gasteiger partial charge in [-0.15, -0.1) is 0 Å². The van der Waals surface area contributed by atoms with Crippen molar-refractivity contribution in [2.75, 3.05) is 0 Å². The Labute approximate surface area is 75.3 Å². The zero-order chi connectivity index (χ0) is 9.42. The molecule has 0 bridgehead atoms. The molecule has 5 heteroatoms. The third-order valence-corrected chi connectivity index (χ3v) is 2.02. The van der Waals surface area contributed by atoms with Gasteiger partial charge in [-0.2, -0.15) is 4.98 Å². The molecule has 1 radical (unpaired) electrons. The summed E-state index contributed by atoms with van der Waals surface area (Å²) in [6.07, 6.45) is 1.98. The lowest BCUT2D eigenvalue weighted by molar-refractivity contribution is -0.116. The molecule has 1 aromatic heterocycles. The van der Waals surface area contributed by atoms with Gasteiger partial charge in [0.1, 0.15) is 5.92 Å². The van der Waals surface area contributed by atoms with Gasteiger partial charge in [0.2, 0.25) is 11.8 Å². The Balaban J connectivity index is 2.24. The lowest BCUT2D eigenvalue weighted by atomic mass is 10.0. The van der Waals surface area contributed by atoms with Crippen molar-refractivity contribution in [2.45, 2.75) is 19.8 Å². The predicted molar refractivity (Wildman–Crippen MR) is 43.3 cm³/mol. The molecule has 2 N–H and O–H groups in total. The first-order valence-electron chi connectivity index (χ1n) is 4.16. The molecule has 0 unspecified atom stereocenters. The molecule has 1 heterocycles. The largest absolute Gasteiger partial charge is 0.369 e. The Bertz CT molecular complexity index is 330. The minimum atomic E-state index is -0.441. The van der Waals surface area contributed by atoms with E-state index in [1.807, 2.05) is 0 Å². The second-order valence-electron chi connectivity index (χ2n) is 3.19. The van der Waals surface area contributed by atoms with Crippen molar-refractivity contribution in [1.29, 1.82) is 0 Å². The van der Waals surface area contributed by atoms with Gasteiger partial charge in [-0.3, -0.25) is 4.79 Å². The number of carbonyl (C=O) groups excluding carboxylic acids is 1. The standard InChI is InChI=1S/C8H10N3O2/c1-4-10-8(11-13-4)6(7(9)12)5-2-3-5/h5H,2-3H2,1H3,(H2,9,12). The number of aryl methyl sites for hydroxylation is 1. The van der Waals surface area contributed by atoms with Crippen LogP contribution in [0.25, 0.3) is 0 Å². The second-order valence-corrected chi connectivity index (χ2v) is 3.19. The molecular weight excluding hydrogens is 170 g/mol. The summed E-state index contributed by atoms with van der Waals surface area (Å²) in [5.74, 6) is 1.12. The Hall–Kier alpha value is -1.39. The first kappa shape index (κ1) is 8.22. The maximum absolute atomic E-state index is 11.1. The van der Waals surface area contributed by atoms with Crippen LogP contribution >= 0.6 is 0 Å².